The summed E-state index contributed by atoms with van der Waals surface area (Å²) in [5.74, 6) is 0.390. The minimum atomic E-state index is -0.640. The number of rotatable bonds is 7. The number of pyridine rings is 1. The molecule has 0 spiro atoms. The van der Waals surface area contributed by atoms with Gasteiger partial charge < -0.3 is 10.2 Å². The number of carbonyl (C=O) groups excluding carboxylic acids is 2. The summed E-state index contributed by atoms with van der Waals surface area (Å²) in [5, 5.41) is 3.03. The molecule has 1 aromatic carbocycles. The van der Waals surface area contributed by atoms with Crippen LogP contribution in [0.2, 0.25) is 0 Å². The molecule has 2 fully saturated rings. The average molecular weight is 418 g/mol. The lowest BCUT2D eigenvalue weighted by atomic mass is 9.72. The van der Waals surface area contributed by atoms with E-state index in [1.54, 1.807) is 12.3 Å². The van der Waals surface area contributed by atoms with Crippen molar-refractivity contribution in [2.75, 3.05) is 19.6 Å². The molecule has 162 valence electrons. The molecule has 1 N–H and O–H groups in total. The van der Waals surface area contributed by atoms with Gasteiger partial charge in [0.25, 0.3) is 0 Å². The fraction of sp³-hybridized carbons (Fsp3) is 0.423. The Hall–Kier alpha value is -2.95. The fourth-order valence-corrected chi connectivity index (χ4v) is 4.84. The minimum Gasteiger partial charge on any atom is -0.352 e. The minimum absolute atomic E-state index is 0.0134. The topological polar surface area (TPSA) is 62.3 Å². The average Bonchev–Trinajstić information content (AvgIpc) is 2.77. The van der Waals surface area contributed by atoms with Gasteiger partial charge in [-0.1, -0.05) is 42.8 Å². The lowest BCUT2D eigenvalue weighted by Gasteiger charge is -2.44. The van der Waals surface area contributed by atoms with Crippen LogP contribution in [0.25, 0.3) is 11.1 Å². The van der Waals surface area contributed by atoms with E-state index in [-0.39, 0.29) is 17.7 Å². The molecule has 1 atom stereocenters. The first-order valence-electron chi connectivity index (χ1n) is 11.3. The number of nitrogens with zero attached hydrogens (tertiary/aromatic N) is 2. The summed E-state index contributed by atoms with van der Waals surface area (Å²) >= 11 is 0. The summed E-state index contributed by atoms with van der Waals surface area (Å²) in [7, 11) is 0. The highest BCUT2D eigenvalue weighted by Crippen LogP contribution is 2.39. The van der Waals surface area contributed by atoms with Gasteiger partial charge >= 0.3 is 0 Å². The van der Waals surface area contributed by atoms with Crippen LogP contribution >= 0.6 is 0 Å². The molecule has 2 aliphatic rings. The van der Waals surface area contributed by atoms with Gasteiger partial charge in [-0.25, -0.2) is 0 Å². The van der Waals surface area contributed by atoms with Crippen molar-refractivity contribution in [2.24, 2.45) is 11.3 Å². The number of carbonyl (C=O) groups is 2. The SMILES string of the molecule is C=CCNC(=O)[C@@]1(Cc2ccccc2-c2cccnc2)CCCN(C(=O)C2CCC2)C1. The Labute approximate surface area is 184 Å². The van der Waals surface area contributed by atoms with Crippen LogP contribution in [0.3, 0.4) is 0 Å². The Kier molecular flexibility index (Phi) is 6.50. The van der Waals surface area contributed by atoms with E-state index in [4.69, 9.17) is 0 Å². The highest BCUT2D eigenvalue weighted by Gasteiger charge is 2.45. The van der Waals surface area contributed by atoms with Crippen molar-refractivity contribution < 1.29 is 9.59 Å². The number of benzene rings is 1. The van der Waals surface area contributed by atoms with E-state index in [0.29, 0.717) is 19.5 Å². The first-order chi connectivity index (χ1) is 15.1. The van der Waals surface area contributed by atoms with Gasteiger partial charge in [0.15, 0.2) is 0 Å². The molecule has 1 saturated heterocycles. The highest BCUT2D eigenvalue weighted by atomic mass is 16.2. The van der Waals surface area contributed by atoms with E-state index < -0.39 is 5.41 Å². The maximum atomic E-state index is 13.4. The third-order valence-corrected chi connectivity index (χ3v) is 6.75. The maximum absolute atomic E-state index is 13.4. The van der Waals surface area contributed by atoms with Crippen molar-refractivity contribution in [1.29, 1.82) is 0 Å². The van der Waals surface area contributed by atoms with Crippen LogP contribution in [0.5, 0.6) is 0 Å². The molecule has 5 nitrogen and oxygen atoms in total. The monoisotopic (exact) mass is 417 g/mol. The summed E-state index contributed by atoms with van der Waals surface area (Å²) < 4.78 is 0. The number of piperidine rings is 1. The molecule has 0 unspecified atom stereocenters. The smallest absolute Gasteiger partial charge is 0.228 e. The summed E-state index contributed by atoms with van der Waals surface area (Å²) in [6.45, 7) is 5.39. The van der Waals surface area contributed by atoms with Crippen LogP contribution in [0.1, 0.15) is 37.7 Å². The summed E-state index contributed by atoms with van der Waals surface area (Å²) in [5.41, 5.74) is 2.60. The standard InChI is InChI=1S/C26H31N3O2/c1-2-14-28-25(31)26(13-7-16-29(19-26)24(30)20-9-5-10-20)17-21-8-3-4-12-23(21)22-11-6-15-27-18-22/h2-4,6,8,11-12,15,18,20H,1,5,7,9-10,13-14,16-17,19H2,(H,28,31)/t26-/m1/s1. The van der Waals surface area contributed by atoms with Crippen LogP contribution in [0.4, 0.5) is 0 Å². The number of hydrogen-bond acceptors (Lipinski definition) is 3. The molecule has 0 bridgehead atoms. The number of hydrogen-bond donors (Lipinski definition) is 1. The predicted molar refractivity (Wildman–Crippen MR) is 122 cm³/mol. The van der Waals surface area contributed by atoms with Gasteiger partial charge in [0.2, 0.25) is 11.8 Å². The third kappa shape index (κ3) is 4.55. The van der Waals surface area contributed by atoms with E-state index in [1.165, 1.54) is 0 Å². The molecule has 4 rings (SSSR count). The van der Waals surface area contributed by atoms with Crippen molar-refractivity contribution in [3.05, 3.63) is 67.0 Å². The Morgan fingerprint density at radius 3 is 2.74 bits per heavy atom. The van der Waals surface area contributed by atoms with Crippen LogP contribution in [-0.4, -0.2) is 41.3 Å². The van der Waals surface area contributed by atoms with Gasteiger partial charge in [0, 0.05) is 43.5 Å². The number of nitrogens with one attached hydrogen (secondary N) is 1. The molecule has 0 radical (unpaired) electrons. The Bertz CT molecular complexity index is 939. The molecule has 1 saturated carbocycles. The van der Waals surface area contributed by atoms with Crippen molar-refractivity contribution in [3.63, 3.8) is 0 Å². The van der Waals surface area contributed by atoms with Crippen molar-refractivity contribution >= 4 is 11.8 Å². The molecule has 31 heavy (non-hydrogen) atoms. The van der Waals surface area contributed by atoms with Gasteiger partial charge in [-0.2, -0.15) is 0 Å². The molecule has 1 aliphatic carbocycles. The van der Waals surface area contributed by atoms with Gasteiger partial charge in [0.1, 0.15) is 0 Å². The maximum Gasteiger partial charge on any atom is 0.228 e. The Morgan fingerprint density at radius 1 is 1.19 bits per heavy atom. The van der Waals surface area contributed by atoms with E-state index in [0.717, 1.165) is 55.3 Å². The summed E-state index contributed by atoms with van der Waals surface area (Å²) in [4.78, 5) is 32.7. The van der Waals surface area contributed by atoms with E-state index in [2.05, 4.69) is 29.0 Å². The molecule has 1 aromatic heterocycles. The zero-order chi connectivity index (χ0) is 21.7. The molecule has 2 amide bonds. The van der Waals surface area contributed by atoms with Gasteiger partial charge in [-0.3, -0.25) is 14.6 Å². The molecule has 5 heteroatoms. The number of aromatic nitrogens is 1. The van der Waals surface area contributed by atoms with Crippen LogP contribution in [0, 0.1) is 11.3 Å². The van der Waals surface area contributed by atoms with E-state index in [1.807, 2.05) is 35.4 Å². The zero-order valence-corrected chi connectivity index (χ0v) is 18.1. The summed E-state index contributed by atoms with van der Waals surface area (Å²) in [6.07, 6.45) is 10.6. The molecular formula is C26H31N3O2. The third-order valence-electron chi connectivity index (χ3n) is 6.75. The molecule has 1 aliphatic heterocycles. The Morgan fingerprint density at radius 2 is 2.03 bits per heavy atom. The van der Waals surface area contributed by atoms with E-state index >= 15 is 0 Å². The van der Waals surface area contributed by atoms with Gasteiger partial charge in [-0.05, 0) is 49.3 Å². The highest BCUT2D eigenvalue weighted by molar-refractivity contribution is 5.86. The van der Waals surface area contributed by atoms with Gasteiger partial charge in [-0.15, -0.1) is 6.58 Å². The van der Waals surface area contributed by atoms with Crippen LogP contribution in [0.15, 0.2) is 61.4 Å². The quantitative estimate of drug-likeness (QED) is 0.693. The predicted octanol–water partition coefficient (Wildman–Crippen LogP) is 4.00. The fourth-order valence-electron chi connectivity index (χ4n) is 4.84. The molecule has 2 aromatic rings. The molecular weight excluding hydrogens is 386 g/mol. The second kappa shape index (κ2) is 9.46. The van der Waals surface area contributed by atoms with Crippen molar-refractivity contribution in [2.45, 2.75) is 38.5 Å². The second-order valence-corrected chi connectivity index (χ2v) is 8.85. The normalized spacial score (nSPS) is 21.2. The van der Waals surface area contributed by atoms with Crippen LogP contribution in [-0.2, 0) is 16.0 Å². The second-order valence-electron chi connectivity index (χ2n) is 8.85. The van der Waals surface area contributed by atoms with E-state index in [9.17, 15) is 9.59 Å². The lowest BCUT2D eigenvalue weighted by Crippen LogP contribution is -2.55. The first kappa shape index (κ1) is 21.3. The first-order valence-corrected chi connectivity index (χ1v) is 11.3. The number of likely N-dealkylation sites (tertiary alicyclic amines) is 1. The summed E-state index contributed by atoms with van der Waals surface area (Å²) in [6, 6.07) is 12.2. The van der Waals surface area contributed by atoms with Crippen LogP contribution < -0.4 is 5.32 Å². The van der Waals surface area contributed by atoms with Crippen molar-refractivity contribution in [3.8, 4) is 11.1 Å². The Balaban J connectivity index is 1.65. The van der Waals surface area contributed by atoms with Gasteiger partial charge in [0.05, 0.1) is 5.41 Å². The lowest BCUT2D eigenvalue weighted by molar-refractivity contribution is -0.146. The zero-order valence-electron chi connectivity index (χ0n) is 18.1. The van der Waals surface area contributed by atoms with Crippen molar-refractivity contribution in [1.82, 2.24) is 15.2 Å². The molecule has 2 heterocycles. The number of amides is 2. The largest absolute Gasteiger partial charge is 0.352 e.